The molecule has 2 aromatic carbocycles. The summed E-state index contributed by atoms with van der Waals surface area (Å²) in [5.74, 6) is 1.89. The average molecular weight is 447 g/mol. The molecule has 0 unspecified atom stereocenters. The number of likely N-dealkylation sites (tertiary alicyclic amines) is 1. The predicted molar refractivity (Wildman–Crippen MR) is 130 cm³/mol. The lowest BCUT2D eigenvalue weighted by atomic mass is 9.90. The molecule has 0 aliphatic carbocycles. The Labute approximate surface area is 196 Å². The van der Waals surface area contributed by atoms with E-state index in [1.165, 1.54) is 30.4 Å². The first-order valence-electron chi connectivity index (χ1n) is 12.1. The summed E-state index contributed by atoms with van der Waals surface area (Å²) in [7, 11) is 0. The van der Waals surface area contributed by atoms with Gasteiger partial charge in [0.15, 0.2) is 0 Å². The summed E-state index contributed by atoms with van der Waals surface area (Å²) in [4.78, 5) is 19.1. The van der Waals surface area contributed by atoms with Crippen molar-refractivity contribution < 1.29 is 9.32 Å². The summed E-state index contributed by atoms with van der Waals surface area (Å²) in [5, 5.41) is 7.05. The molecule has 0 saturated carbocycles. The van der Waals surface area contributed by atoms with Crippen molar-refractivity contribution in [2.24, 2.45) is 5.92 Å². The highest BCUT2D eigenvalue weighted by molar-refractivity contribution is 5.76. The first-order valence-corrected chi connectivity index (χ1v) is 12.1. The fourth-order valence-corrected chi connectivity index (χ4v) is 4.38. The number of benzene rings is 2. The Morgan fingerprint density at radius 1 is 1.09 bits per heavy atom. The van der Waals surface area contributed by atoms with Gasteiger partial charge in [-0.2, -0.15) is 4.98 Å². The van der Waals surface area contributed by atoms with Crippen LogP contribution in [0.5, 0.6) is 0 Å². The minimum absolute atomic E-state index is 0.0339. The van der Waals surface area contributed by atoms with Crippen LogP contribution in [-0.2, 0) is 17.6 Å². The van der Waals surface area contributed by atoms with E-state index < -0.39 is 0 Å². The minimum atomic E-state index is 0.0339. The Morgan fingerprint density at radius 3 is 2.61 bits per heavy atom. The van der Waals surface area contributed by atoms with E-state index in [0.717, 1.165) is 37.5 Å². The van der Waals surface area contributed by atoms with Crippen LogP contribution in [0.25, 0.3) is 11.4 Å². The smallest absolute Gasteiger partial charge is 0.227 e. The molecular weight excluding hydrogens is 412 g/mol. The Kier molecular flexibility index (Phi) is 8.25. The molecular formula is C27H34N4O2. The fraction of sp³-hybridized carbons (Fsp3) is 0.444. The molecule has 1 aliphatic rings. The molecule has 33 heavy (non-hydrogen) atoms. The number of nitrogens with one attached hydrogen (secondary N) is 1. The standard InChI is InChI=1S/C27H34N4O2/c1-21-8-10-24(11-9-21)27-29-26(33-30-27)13-12-25(32)28-16-5-17-31-18-14-23(15-19-31)20-22-6-3-2-4-7-22/h2-4,6-11,23H,5,12-20H2,1H3,(H,28,32). The number of carbonyl (C=O) groups excluding carboxylic acids is 1. The highest BCUT2D eigenvalue weighted by Gasteiger charge is 2.19. The van der Waals surface area contributed by atoms with Crippen molar-refractivity contribution >= 4 is 5.91 Å². The maximum atomic E-state index is 12.2. The fourth-order valence-electron chi connectivity index (χ4n) is 4.38. The normalized spacial score (nSPS) is 14.9. The van der Waals surface area contributed by atoms with E-state index in [9.17, 15) is 4.79 Å². The third-order valence-corrected chi connectivity index (χ3v) is 6.39. The van der Waals surface area contributed by atoms with Crippen LogP contribution in [0, 0.1) is 12.8 Å². The molecule has 1 N–H and O–H groups in total. The van der Waals surface area contributed by atoms with E-state index in [-0.39, 0.29) is 5.91 Å². The van der Waals surface area contributed by atoms with Gasteiger partial charge in [0, 0.05) is 24.9 Å². The third kappa shape index (κ3) is 7.26. The van der Waals surface area contributed by atoms with Gasteiger partial charge in [0.1, 0.15) is 0 Å². The van der Waals surface area contributed by atoms with Crippen molar-refractivity contribution in [2.75, 3.05) is 26.2 Å². The van der Waals surface area contributed by atoms with E-state index in [2.05, 4.69) is 50.7 Å². The molecule has 6 nitrogen and oxygen atoms in total. The summed E-state index contributed by atoms with van der Waals surface area (Å²) >= 11 is 0. The quantitative estimate of drug-likeness (QED) is 0.466. The molecule has 4 rings (SSSR count). The molecule has 1 saturated heterocycles. The van der Waals surface area contributed by atoms with Crippen LogP contribution in [0.3, 0.4) is 0 Å². The lowest BCUT2D eigenvalue weighted by Gasteiger charge is -2.32. The molecule has 0 bridgehead atoms. The number of hydrogen-bond acceptors (Lipinski definition) is 5. The Morgan fingerprint density at radius 2 is 1.85 bits per heavy atom. The van der Waals surface area contributed by atoms with Gasteiger partial charge in [-0.25, -0.2) is 0 Å². The van der Waals surface area contributed by atoms with E-state index in [1.807, 2.05) is 31.2 Å². The summed E-state index contributed by atoms with van der Waals surface area (Å²) in [6.07, 6.45) is 5.51. The monoisotopic (exact) mass is 446 g/mol. The molecule has 3 aromatic rings. The van der Waals surface area contributed by atoms with Crippen molar-refractivity contribution in [3.63, 3.8) is 0 Å². The molecule has 1 aliphatic heterocycles. The van der Waals surface area contributed by atoms with E-state index in [1.54, 1.807) is 0 Å². The molecule has 2 heterocycles. The lowest BCUT2D eigenvalue weighted by molar-refractivity contribution is -0.121. The van der Waals surface area contributed by atoms with Crippen LogP contribution >= 0.6 is 0 Å². The first kappa shape index (κ1) is 23.2. The molecule has 1 aromatic heterocycles. The number of amides is 1. The van der Waals surface area contributed by atoms with Gasteiger partial charge in [-0.3, -0.25) is 4.79 Å². The number of nitrogens with zero attached hydrogens (tertiary/aromatic N) is 3. The summed E-state index contributed by atoms with van der Waals surface area (Å²) in [6.45, 7) is 6.11. The van der Waals surface area contributed by atoms with Gasteiger partial charge in [-0.05, 0) is 63.7 Å². The molecule has 1 amide bonds. The minimum Gasteiger partial charge on any atom is -0.356 e. The van der Waals surface area contributed by atoms with Crippen LogP contribution in [0.2, 0.25) is 0 Å². The zero-order chi connectivity index (χ0) is 22.9. The van der Waals surface area contributed by atoms with Crippen LogP contribution in [0.15, 0.2) is 59.1 Å². The number of piperidine rings is 1. The molecule has 0 spiro atoms. The highest BCUT2D eigenvalue weighted by atomic mass is 16.5. The maximum Gasteiger partial charge on any atom is 0.227 e. The predicted octanol–water partition coefficient (Wildman–Crippen LogP) is 4.44. The highest BCUT2D eigenvalue weighted by Crippen LogP contribution is 2.21. The van der Waals surface area contributed by atoms with Gasteiger partial charge < -0.3 is 14.7 Å². The second-order valence-electron chi connectivity index (χ2n) is 9.06. The van der Waals surface area contributed by atoms with E-state index >= 15 is 0 Å². The summed E-state index contributed by atoms with van der Waals surface area (Å²) in [6, 6.07) is 18.8. The van der Waals surface area contributed by atoms with E-state index in [0.29, 0.717) is 31.1 Å². The summed E-state index contributed by atoms with van der Waals surface area (Å²) < 4.78 is 5.30. The van der Waals surface area contributed by atoms with Crippen LogP contribution in [0.4, 0.5) is 0 Å². The second kappa shape index (κ2) is 11.8. The van der Waals surface area contributed by atoms with Crippen molar-refractivity contribution in [3.05, 3.63) is 71.6 Å². The van der Waals surface area contributed by atoms with Crippen molar-refractivity contribution in [1.29, 1.82) is 0 Å². The maximum absolute atomic E-state index is 12.2. The number of rotatable bonds is 10. The second-order valence-corrected chi connectivity index (χ2v) is 9.06. The Hall–Kier alpha value is -2.99. The first-order chi connectivity index (χ1) is 16.2. The number of hydrogen-bond donors (Lipinski definition) is 1. The molecule has 6 heteroatoms. The number of aromatic nitrogens is 2. The number of aryl methyl sites for hydroxylation is 2. The zero-order valence-electron chi connectivity index (χ0n) is 19.5. The van der Waals surface area contributed by atoms with Gasteiger partial charge in [-0.1, -0.05) is 65.3 Å². The SMILES string of the molecule is Cc1ccc(-c2noc(CCC(=O)NCCCN3CCC(Cc4ccccc4)CC3)n2)cc1. The molecule has 0 radical (unpaired) electrons. The molecule has 1 fully saturated rings. The van der Waals surface area contributed by atoms with Gasteiger partial charge in [-0.15, -0.1) is 0 Å². The topological polar surface area (TPSA) is 71.3 Å². The Balaban J connectivity index is 1.08. The van der Waals surface area contributed by atoms with Crippen LogP contribution < -0.4 is 5.32 Å². The van der Waals surface area contributed by atoms with Gasteiger partial charge in [0.05, 0.1) is 0 Å². The van der Waals surface area contributed by atoms with Crippen molar-refractivity contribution in [1.82, 2.24) is 20.4 Å². The third-order valence-electron chi connectivity index (χ3n) is 6.39. The lowest BCUT2D eigenvalue weighted by Crippen LogP contribution is -2.36. The van der Waals surface area contributed by atoms with Gasteiger partial charge in [0.25, 0.3) is 0 Å². The average Bonchev–Trinajstić information content (AvgIpc) is 3.32. The van der Waals surface area contributed by atoms with Gasteiger partial charge >= 0.3 is 0 Å². The van der Waals surface area contributed by atoms with Crippen molar-refractivity contribution in [3.8, 4) is 11.4 Å². The molecule has 0 atom stereocenters. The summed E-state index contributed by atoms with van der Waals surface area (Å²) in [5.41, 5.74) is 3.56. The van der Waals surface area contributed by atoms with Crippen LogP contribution in [0.1, 0.15) is 42.7 Å². The van der Waals surface area contributed by atoms with Crippen LogP contribution in [-0.4, -0.2) is 47.1 Å². The zero-order valence-corrected chi connectivity index (χ0v) is 19.5. The Bertz CT molecular complexity index is 992. The largest absolute Gasteiger partial charge is 0.356 e. The number of carbonyl (C=O) groups is 1. The molecule has 174 valence electrons. The van der Waals surface area contributed by atoms with Crippen molar-refractivity contribution in [2.45, 2.75) is 45.4 Å². The van der Waals surface area contributed by atoms with Gasteiger partial charge in [0.2, 0.25) is 17.6 Å². The van der Waals surface area contributed by atoms with E-state index in [4.69, 9.17) is 4.52 Å².